The quantitative estimate of drug-likeness (QED) is 0.662. The van der Waals surface area contributed by atoms with Crippen LogP contribution in [0.2, 0.25) is 0 Å². The van der Waals surface area contributed by atoms with E-state index in [1.54, 1.807) is 19.1 Å². The van der Waals surface area contributed by atoms with E-state index in [1.807, 2.05) is 0 Å². The van der Waals surface area contributed by atoms with Crippen molar-refractivity contribution in [2.45, 2.75) is 12.7 Å². The largest absolute Gasteiger partial charge is 0.465 e. The number of halogens is 1. The molecule has 3 nitrogen and oxygen atoms in total. The fourth-order valence-corrected chi connectivity index (χ4v) is 2.15. The van der Waals surface area contributed by atoms with Crippen molar-refractivity contribution in [3.05, 3.63) is 35.1 Å². The van der Waals surface area contributed by atoms with Crippen LogP contribution in [0.1, 0.15) is 18.1 Å². The fraction of sp³-hybridized carbons (Fsp3) is 0.357. The van der Waals surface area contributed by atoms with Crippen LogP contribution in [0, 0.1) is 17.7 Å². The Kier molecular flexibility index (Phi) is 7.01. The Balaban J connectivity index is 2.53. The predicted octanol–water partition coefficient (Wildman–Crippen LogP) is 1.93. The molecule has 0 saturated heterocycles. The average molecular weight is 281 g/mol. The Labute approximate surface area is 116 Å². The predicted molar refractivity (Wildman–Crippen MR) is 75.1 cm³/mol. The van der Waals surface area contributed by atoms with Gasteiger partial charge in [0.1, 0.15) is 5.82 Å². The zero-order chi connectivity index (χ0) is 14.1. The van der Waals surface area contributed by atoms with Gasteiger partial charge < -0.3 is 10.5 Å². The fourth-order valence-electron chi connectivity index (χ4n) is 1.34. The van der Waals surface area contributed by atoms with Crippen LogP contribution in [0.15, 0.2) is 18.2 Å². The van der Waals surface area contributed by atoms with E-state index in [0.29, 0.717) is 23.5 Å². The highest BCUT2D eigenvalue weighted by Gasteiger charge is 2.06. The molecule has 1 rings (SSSR count). The first-order valence-corrected chi connectivity index (χ1v) is 7.03. The summed E-state index contributed by atoms with van der Waals surface area (Å²) in [5.41, 5.74) is 6.40. The number of hydrogen-bond acceptors (Lipinski definition) is 4. The molecule has 0 aliphatic heterocycles. The van der Waals surface area contributed by atoms with Crippen molar-refractivity contribution in [2.24, 2.45) is 5.73 Å². The van der Waals surface area contributed by atoms with Gasteiger partial charge in [0, 0.05) is 11.3 Å². The van der Waals surface area contributed by atoms with Crippen molar-refractivity contribution < 1.29 is 13.9 Å². The summed E-state index contributed by atoms with van der Waals surface area (Å²) in [4.78, 5) is 11.1. The number of benzene rings is 1. The molecule has 0 radical (unpaired) electrons. The van der Waals surface area contributed by atoms with Gasteiger partial charge in [0.05, 0.1) is 18.9 Å². The topological polar surface area (TPSA) is 52.3 Å². The highest BCUT2D eigenvalue weighted by atomic mass is 32.2. The number of carbonyl (C=O) groups is 1. The maximum atomic E-state index is 13.7. The third-order valence-electron chi connectivity index (χ3n) is 2.17. The first-order valence-electron chi connectivity index (χ1n) is 5.88. The lowest BCUT2D eigenvalue weighted by molar-refractivity contribution is -0.139. The number of rotatable bonds is 5. The molecule has 0 bridgehead atoms. The molecule has 0 heterocycles. The minimum atomic E-state index is -0.319. The van der Waals surface area contributed by atoms with Crippen molar-refractivity contribution >= 4 is 17.7 Å². The maximum absolute atomic E-state index is 13.7. The molecule has 0 fully saturated rings. The van der Waals surface area contributed by atoms with Gasteiger partial charge >= 0.3 is 5.97 Å². The first kappa shape index (κ1) is 15.5. The summed E-state index contributed by atoms with van der Waals surface area (Å²) >= 11 is 1.32. The first-order chi connectivity index (χ1) is 9.17. The molecule has 0 aromatic heterocycles. The van der Waals surface area contributed by atoms with Crippen LogP contribution in [0.3, 0.4) is 0 Å². The highest BCUT2D eigenvalue weighted by molar-refractivity contribution is 7.99. The molecule has 2 N–H and O–H groups in total. The van der Waals surface area contributed by atoms with Crippen LogP contribution in [0.5, 0.6) is 0 Å². The average Bonchev–Trinajstić information content (AvgIpc) is 2.39. The molecule has 0 aliphatic rings. The molecule has 0 spiro atoms. The van der Waals surface area contributed by atoms with Crippen LogP contribution in [0.25, 0.3) is 0 Å². The second-order valence-corrected chi connectivity index (χ2v) is 4.60. The van der Waals surface area contributed by atoms with E-state index < -0.39 is 0 Å². The molecule has 0 atom stereocenters. The molecule has 0 unspecified atom stereocenters. The highest BCUT2D eigenvalue weighted by Crippen LogP contribution is 2.17. The van der Waals surface area contributed by atoms with Crippen LogP contribution in [0.4, 0.5) is 4.39 Å². The minimum Gasteiger partial charge on any atom is -0.465 e. The lowest BCUT2D eigenvalue weighted by Gasteiger charge is -2.04. The van der Waals surface area contributed by atoms with Gasteiger partial charge in [-0.1, -0.05) is 17.9 Å². The molecule has 19 heavy (non-hydrogen) atoms. The molecule has 1 aromatic rings. The van der Waals surface area contributed by atoms with Gasteiger partial charge in [-0.3, -0.25) is 4.79 Å². The zero-order valence-corrected chi connectivity index (χ0v) is 11.6. The molecule has 0 amide bonds. The number of hydrogen-bond donors (Lipinski definition) is 1. The van der Waals surface area contributed by atoms with Gasteiger partial charge in [0.15, 0.2) is 0 Å². The van der Waals surface area contributed by atoms with E-state index >= 15 is 0 Å². The van der Waals surface area contributed by atoms with Crippen molar-refractivity contribution in [2.75, 3.05) is 18.9 Å². The Morgan fingerprint density at radius 1 is 1.53 bits per heavy atom. The lowest BCUT2D eigenvalue weighted by atomic mass is 10.1. The van der Waals surface area contributed by atoms with E-state index in [1.165, 1.54) is 17.8 Å². The Morgan fingerprint density at radius 2 is 2.32 bits per heavy atom. The summed E-state index contributed by atoms with van der Waals surface area (Å²) in [6, 6.07) is 4.79. The third-order valence-corrected chi connectivity index (χ3v) is 3.13. The number of carbonyl (C=O) groups excluding carboxylic acids is 1. The third kappa shape index (κ3) is 5.77. The summed E-state index contributed by atoms with van der Waals surface area (Å²) in [6.45, 7) is 2.37. The van der Waals surface area contributed by atoms with Crippen LogP contribution < -0.4 is 5.73 Å². The molecule has 1 aromatic carbocycles. The number of esters is 1. The van der Waals surface area contributed by atoms with E-state index in [4.69, 9.17) is 10.5 Å². The van der Waals surface area contributed by atoms with Crippen LogP contribution in [-0.4, -0.2) is 24.9 Å². The van der Waals surface area contributed by atoms with Gasteiger partial charge in [-0.05, 0) is 24.6 Å². The van der Waals surface area contributed by atoms with Crippen molar-refractivity contribution in [3.63, 3.8) is 0 Å². The molecule has 0 aliphatic carbocycles. The SMILES string of the molecule is CCOC(=O)CSCc1ccc(C#CCN)cc1F. The lowest BCUT2D eigenvalue weighted by Crippen LogP contribution is -2.06. The monoisotopic (exact) mass is 281 g/mol. The van der Waals surface area contributed by atoms with Gasteiger partial charge in [0.2, 0.25) is 0 Å². The van der Waals surface area contributed by atoms with Gasteiger partial charge in [-0.15, -0.1) is 11.8 Å². The van der Waals surface area contributed by atoms with Crippen molar-refractivity contribution in [1.82, 2.24) is 0 Å². The standard InChI is InChI=1S/C14H16FNO2S/c1-2-18-14(17)10-19-9-12-6-5-11(4-3-7-16)8-13(12)15/h5-6,8H,2,7,9-10,16H2,1H3. The van der Waals surface area contributed by atoms with Gasteiger partial charge in [-0.25, -0.2) is 4.39 Å². The summed E-state index contributed by atoms with van der Waals surface area (Å²) < 4.78 is 18.5. The van der Waals surface area contributed by atoms with E-state index in [2.05, 4.69) is 11.8 Å². The van der Waals surface area contributed by atoms with Crippen molar-refractivity contribution in [3.8, 4) is 11.8 Å². The normalized spacial score (nSPS) is 9.63. The second-order valence-electron chi connectivity index (χ2n) is 3.61. The maximum Gasteiger partial charge on any atom is 0.315 e. The van der Waals surface area contributed by atoms with E-state index in [0.717, 1.165) is 0 Å². The summed E-state index contributed by atoms with van der Waals surface area (Å²) in [6.07, 6.45) is 0. The Bertz CT molecular complexity index is 494. The minimum absolute atomic E-state index is 0.224. The number of nitrogens with two attached hydrogens (primary N) is 1. The number of ether oxygens (including phenoxy) is 1. The summed E-state index contributed by atoms with van der Waals surface area (Å²) in [5, 5.41) is 0. The van der Waals surface area contributed by atoms with E-state index in [-0.39, 0.29) is 24.1 Å². The molecule has 0 saturated carbocycles. The van der Waals surface area contributed by atoms with Crippen LogP contribution in [-0.2, 0) is 15.3 Å². The van der Waals surface area contributed by atoms with E-state index in [9.17, 15) is 9.18 Å². The smallest absolute Gasteiger partial charge is 0.315 e. The number of thioether (sulfide) groups is 1. The van der Waals surface area contributed by atoms with Gasteiger partial charge in [0.25, 0.3) is 0 Å². The Morgan fingerprint density at radius 3 is 2.95 bits per heavy atom. The van der Waals surface area contributed by atoms with Crippen molar-refractivity contribution in [1.29, 1.82) is 0 Å². The molecular weight excluding hydrogens is 265 g/mol. The molecule has 5 heteroatoms. The summed E-state index contributed by atoms with van der Waals surface area (Å²) in [7, 11) is 0. The Hall–Kier alpha value is -1.51. The molecular formula is C14H16FNO2S. The van der Waals surface area contributed by atoms with Crippen LogP contribution >= 0.6 is 11.8 Å². The zero-order valence-electron chi connectivity index (χ0n) is 10.7. The second kappa shape index (κ2) is 8.57. The molecule has 102 valence electrons. The summed E-state index contributed by atoms with van der Waals surface area (Å²) in [5.74, 6) is 5.49. The van der Waals surface area contributed by atoms with Gasteiger partial charge in [-0.2, -0.15) is 0 Å².